The van der Waals surface area contributed by atoms with Gasteiger partial charge in [-0.1, -0.05) is 48.5 Å². The summed E-state index contributed by atoms with van der Waals surface area (Å²) in [6, 6.07) is 16.8. The van der Waals surface area contributed by atoms with Crippen LogP contribution < -0.4 is 5.32 Å². The van der Waals surface area contributed by atoms with E-state index in [2.05, 4.69) is 5.32 Å². The number of rotatable bonds is 6. The molecule has 0 fully saturated rings. The van der Waals surface area contributed by atoms with Crippen molar-refractivity contribution in [2.75, 3.05) is 0 Å². The van der Waals surface area contributed by atoms with Gasteiger partial charge in [0.05, 0.1) is 18.1 Å². The summed E-state index contributed by atoms with van der Waals surface area (Å²) in [5.74, 6) is -1.49. The number of nitrogens with one attached hydrogen (secondary N) is 1. The number of carboxylic acid groups (broad SMARTS) is 1. The molecular weight excluding hydrogens is 292 g/mol. The largest absolute Gasteiger partial charge is 0.480 e. The van der Waals surface area contributed by atoms with Crippen LogP contribution >= 0.6 is 0 Å². The van der Waals surface area contributed by atoms with Crippen LogP contribution in [0.5, 0.6) is 0 Å². The number of hydrogen-bond acceptors (Lipinski definition) is 3. The number of carboxylic acids is 1. The van der Waals surface area contributed by atoms with Crippen LogP contribution in [-0.2, 0) is 22.4 Å². The Labute approximate surface area is 134 Å². The Bertz CT molecular complexity index is 735. The fraction of sp³-hybridized carbons (Fsp3) is 0.167. The Kier molecular flexibility index (Phi) is 5.48. The molecule has 1 amide bonds. The second-order valence-corrected chi connectivity index (χ2v) is 5.09. The molecule has 0 saturated carbocycles. The molecule has 116 valence electrons. The van der Waals surface area contributed by atoms with Gasteiger partial charge in [0.1, 0.15) is 6.04 Å². The molecule has 2 rings (SSSR count). The fourth-order valence-corrected chi connectivity index (χ4v) is 2.25. The number of nitrogens with zero attached hydrogens (tertiary/aromatic N) is 1. The quantitative estimate of drug-likeness (QED) is 0.853. The van der Waals surface area contributed by atoms with E-state index in [-0.39, 0.29) is 18.7 Å². The van der Waals surface area contributed by atoms with Gasteiger partial charge < -0.3 is 10.4 Å². The highest BCUT2D eigenvalue weighted by Crippen LogP contribution is 2.10. The SMILES string of the molecule is N#Cc1ccccc1C[C@@H](NC(=O)Cc1ccccc1)C(=O)O. The summed E-state index contributed by atoms with van der Waals surface area (Å²) < 4.78 is 0. The number of carbonyl (C=O) groups is 2. The highest BCUT2D eigenvalue weighted by molar-refractivity contribution is 5.85. The Hall–Kier alpha value is -3.13. The van der Waals surface area contributed by atoms with Crippen molar-refractivity contribution < 1.29 is 14.7 Å². The zero-order valence-corrected chi connectivity index (χ0v) is 12.4. The van der Waals surface area contributed by atoms with Crippen LogP contribution in [0, 0.1) is 11.3 Å². The number of benzene rings is 2. The Balaban J connectivity index is 2.06. The first-order chi connectivity index (χ1) is 11.1. The van der Waals surface area contributed by atoms with Crippen LogP contribution in [-0.4, -0.2) is 23.0 Å². The highest BCUT2D eigenvalue weighted by Gasteiger charge is 2.21. The van der Waals surface area contributed by atoms with Crippen molar-refractivity contribution in [2.45, 2.75) is 18.9 Å². The molecule has 0 aliphatic rings. The van der Waals surface area contributed by atoms with E-state index in [0.717, 1.165) is 5.56 Å². The monoisotopic (exact) mass is 308 g/mol. The van der Waals surface area contributed by atoms with Gasteiger partial charge in [0, 0.05) is 6.42 Å². The molecule has 0 unspecified atom stereocenters. The molecule has 0 aromatic heterocycles. The number of hydrogen-bond donors (Lipinski definition) is 2. The van der Waals surface area contributed by atoms with Gasteiger partial charge in [0.2, 0.25) is 5.91 Å². The average molecular weight is 308 g/mol. The van der Waals surface area contributed by atoms with Gasteiger partial charge in [-0.05, 0) is 17.2 Å². The second kappa shape index (κ2) is 7.76. The van der Waals surface area contributed by atoms with E-state index in [1.807, 2.05) is 24.3 Å². The van der Waals surface area contributed by atoms with E-state index in [9.17, 15) is 14.7 Å². The van der Waals surface area contributed by atoms with Crippen molar-refractivity contribution >= 4 is 11.9 Å². The number of carbonyl (C=O) groups excluding carboxylic acids is 1. The van der Waals surface area contributed by atoms with Crippen LogP contribution in [0.15, 0.2) is 54.6 Å². The Morgan fingerprint density at radius 3 is 2.39 bits per heavy atom. The predicted molar refractivity (Wildman–Crippen MR) is 84.6 cm³/mol. The first-order valence-corrected chi connectivity index (χ1v) is 7.14. The lowest BCUT2D eigenvalue weighted by atomic mass is 10.0. The van der Waals surface area contributed by atoms with Crippen molar-refractivity contribution in [1.82, 2.24) is 5.32 Å². The molecule has 1 atom stereocenters. The van der Waals surface area contributed by atoms with Gasteiger partial charge >= 0.3 is 5.97 Å². The van der Waals surface area contributed by atoms with Gasteiger partial charge in [-0.2, -0.15) is 5.26 Å². The molecule has 5 heteroatoms. The highest BCUT2D eigenvalue weighted by atomic mass is 16.4. The van der Waals surface area contributed by atoms with Crippen LogP contribution in [0.25, 0.3) is 0 Å². The standard InChI is InChI=1S/C18H16N2O3/c19-12-15-9-5-4-8-14(15)11-16(18(22)23)20-17(21)10-13-6-2-1-3-7-13/h1-9,16H,10-11H2,(H,20,21)(H,22,23)/t16-/m1/s1. The van der Waals surface area contributed by atoms with E-state index in [0.29, 0.717) is 11.1 Å². The molecule has 0 spiro atoms. The molecule has 2 N–H and O–H groups in total. The van der Waals surface area contributed by atoms with Gasteiger partial charge in [-0.15, -0.1) is 0 Å². The molecule has 5 nitrogen and oxygen atoms in total. The first kappa shape index (κ1) is 16.2. The third-order valence-electron chi connectivity index (χ3n) is 3.40. The summed E-state index contributed by atoms with van der Waals surface area (Å²) in [5, 5.41) is 20.9. The molecule has 0 heterocycles. The molecule has 0 saturated heterocycles. The molecule has 0 aliphatic carbocycles. The molecule has 0 radical (unpaired) electrons. The maximum atomic E-state index is 12.0. The summed E-state index contributed by atoms with van der Waals surface area (Å²) in [6.45, 7) is 0. The lowest BCUT2D eigenvalue weighted by molar-refractivity contribution is -0.141. The van der Waals surface area contributed by atoms with Crippen LogP contribution in [0.2, 0.25) is 0 Å². The van der Waals surface area contributed by atoms with Crippen LogP contribution in [0.1, 0.15) is 16.7 Å². The van der Waals surface area contributed by atoms with E-state index in [1.165, 1.54) is 0 Å². The number of aliphatic carboxylic acids is 1. The normalized spacial score (nSPS) is 11.3. The Morgan fingerprint density at radius 1 is 1.09 bits per heavy atom. The summed E-state index contributed by atoms with van der Waals surface area (Å²) in [5.41, 5.74) is 1.82. The Morgan fingerprint density at radius 2 is 1.74 bits per heavy atom. The van der Waals surface area contributed by atoms with Crippen LogP contribution in [0.4, 0.5) is 0 Å². The van der Waals surface area contributed by atoms with Gasteiger partial charge in [0.25, 0.3) is 0 Å². The zero-order chi connectivity index (χ0) is 16.7. The molecule has 0 bridgehead atoms. The summed E-state index contributed by atoms with van der Waals surface area (Å²) in [4.78, 5) is 23.4. The summed E-state index contributed by atoms with van der Waals surface area (Å²) in [7, 11) is 0. The maximum Gasteiger partial charge on any atom is 0.326 e. The maximum absolute atomic E-state index is 12.0. The van der Waals surface area contributed by atoms with E-state index < -0.39 is 12.0 Å². The van der Waals surface area contributed by atoms with Crippen molar-refractivity contribution in [3.63, 3.8) is 0 Å². The zero-order valence-electron chi connectivity index (χ0n) is 12.4. The van der Waals surface area contributed by atoms with Gasteiger partial charge in [-0.3, -0.25) is 4.79 Å². The topological polar surface area (TPSA) is 90.2 Å². The second-order valence-electron chi connectivity index (χ2n) is 5.09. The summed E-state index contributed by atoms with van der Waals surface area (Å²) in [6.07, 6.45) is 0.185. The molecule has 2 aromatic carbocycles. The smallest absolute Gasteiger partial charge is 0.326 e. The minimum absolute atomic E-state index is 0.0690. The molecule has 23 heavy (non-hydrogen) atoms. The van der Waals surface area contributed by atoms with Crippen molar-refractivity contribution in [1.29, 1.82) is 5.26 Å². The fourth-order valence-electron chi connectivity index (χ4n) is 2.25. The first-order valence-electron chi connectivity index (χ1n) is 7.14. The lowest BCUT2D eigenvalue weighted by Gasteiger charge is -2.15. The third kappa shape index (κ3) is 4.68. The molecule has 0 aliphatic heterocycles. The third-order valence-corrected chi connectivity index (χ3v) is 3.40. The predicted octanol–water partition coefficient (Wildman–Crippen LogP) is 1.91. The van der Waals surface area contributed by atoms with E-state index in [4.69, 9.17) is 5.26 Å². The van der Waals surface area contributed by atoms with Gasteiger partial charge in [0.15, 0.2) is 0 Å². The molecule has 2 aromatic rings. The van der Waals surface area contributed by atoms with Crippen molar-refractivity contribution in [2.24, 2.45) is 0 Å². The van der Waals surface area contributed by atoms with Crippen LogP contribution in [0.3, 0.4) is 0 Å². The van der Waals surface area contributed by atoms with E-state index in [1.54, 1.807) is 36.4 Å². The molecular formula is C18H16N2O3. The lowest BCUT2D eigenvalue weighted by Crippen LogP contribution is -2.43. The summed E-state index contributed by atoms with van der Waals surface area (Å²) >= 11 is 0. The van der Waals surface area contributed by atoms with Gasteiger partial charge in [-0.25, -0.2) is 4.79 Å². The minimum atomic E-state index is -1.13. The number of nitriles is 1. The van der Waals surface area contributed by atoms with Crippen molar-refractivity contribution in [3.8, 4) is 6.07 Å². The minimum Gasteiger partial charge on any atom is -0.480 e. The van der Waals surface area contributed by atoms with E-state index >= 15 is 0 Å². The average Bonchev–Trinajstić information content (AvgIpc) is 2.55. The number of amides is 1. The van der Waals surface area contributed by atoms with Crippen molar-refractivity contribution in [3.05, 3.63) is 71.3 Å².